The monoisotopic (exact) mass is 409 g/mol. The lowest BCUT2D eigenvalue weighted by molar-refractivity contribution is 1.34. The standard InChI is InChI=1S/C31H23N/c1-20-14-15-23(18-21(20)2)30-26-11-5-6-12-27(26)31(28-16-17-32-19-29(28)30)25-13-7-9-22-8-3-4-10-24(22)25/h3-19H,1-2H3. The Balaban J connectivity index is 1.82. The normalized spacial score (nSPS) is 11.4. The summed E-state index contributed by atoms with van der Waals surface area (Å²) in [7, 11) is 0. The summed E-state index contributed by atoms with van der Waals surface area (Å²) < 4.78 is 0. The molecule has 1 heteroatoms. The van der Waals surface area contributed by atoms with Gasteiger partial charge in [0.2, 0.25) is 0 Å². The van der Waals surface area contributed by atoms with Crippen LogP contribution in [0.25, 0.3) is 54.6 Å². The van der Waals surface area contributed by atoms with Gasteiger partial charge in [-0.25, -0.2) is 0 Å². The molecule has 0 aliphatic heterocycles. The van der Waals surface area contributed by atoms with E-state index in [1.54, 1.807) is 0 Å². The Labute approximate surface area is 188 Å². The zero-order valence-corrected chi connectivity index (χ0v) is 18.3. The van der Waals surface area contributed by atoms with Gasteiger partial charge in [-0.3, -0.25) is 4.98 Å². The highest BCUT2D eigenvalue weighted by Crippen LogP contribution is 2.45. The number of nitrogens with zero attached hydrogens (tertiary/aromatic N) is 1. The molecule has 6 aromatic rings. The molecule has 32 heavy (non-hydrogen) atoms. The summed E-state index contributed by atoms with van der Waals surface area (Å²) in [4.78, 5) is 4.54. The van der Waals surface area contributed by atoms with Crippen LogP contribution >= 0.6 is 0 Å². The van der Waals surface area contributed by atoms with E-state index < -0.39 is 0 Å². The summed E-state index contributed by atoms with van der Waals surface area (Å²) in [6.07, 6.45) is 3.94. The van der Waals surface area contributed by atoms with Gasteiger partial charge in [0.25, 0.3) is 0 Å². The Kier molecular flexibility index (Phi) is 4.29. The summed E-state index contributed by atoms with van der Waals surface area (Å²) in [6, 6.07) is 33.0. The first-order valence-corrected chi connectivity index (χ1v) is 11.1. The number of benzene rings is 5. The van der Waals surface area contributed by atoms with Crippen LogP contribution in [0.2, 0.25) is 0 Å². The van der Waals surface area contributed by atoms with Crippen molar-refractivity contribution < 1.29 is 0 Å². The second-order valence-electron chi connectivity index (χ2n) is 8.54. The Morgan fingerprint density at radius 2 is 1.22 bits per heavy atom. The number of pyridine rings is 1. The van der Waals surface area contributed by atoms with E-state index in [-0.39, 0.29) is 0 Å². The lowest BCUT2D eigenvalue weighted by atomic mass is 9.85. The van der Waals surface area contributed by atoms with E-state index in [1.807, 2.05) is 12.4 Å². The van der Waals surface area contributed by atoms with Crippen LogP contribution < -0.4 is 0 Å². The molecule has 1 aromatic heterocycles. The number of fused-ring (bicyclic) bond motifs is 3. The molecule has 1 heterocycles. The van der Waals surface area contributed by atoms with E-state index in [2.05, 4.69) is 110 Å². The van der Waals surface area contributed by atoms with Crippen LogP contribution in [-0.4, -0.2) is 4.98 Å². The molecule has 0 fully saturated rings. The molecule has 152 valence electrons. The minimum absolute atomic E-state index is 1.19. The zero-order valence-electron chi connectivity index (χ0n) is 18.3. The molecule has 0 radical (unpaired) electrons. The first-order chi connectivity index (χ1) is 15.7. The van der Waals surface area contributed by atoms with Crippen molar-refractivity contribution in [2.45, 2.75) is 13.8 Å². The molecule has 0 saturated heterocycles. The van der Waals surface area contributed by atoms with E-state index in [0.717, 1.165) is 0 Å². The number of aryl methyl sites for hydroxylation is 2. The largest absolute Gasteiger partial charge is 0.264 e. The van der Waals surface area contributed by atoms with Crippen molar-refractivity contribution in [3.63, 3.8) is 0 Å². The lowest BCUT2D eigenvalue weighted by Crippen LogP contribution is -1.93. The Hall–Kier alpha value is -3.97. The highest BCUT2D eigenvalue weighted by Gasteiger charge is 2.18. The predicted molar refractivity (Wildman–Crippen MR) is 137 cm³/mol. The Morgan fingerprint density at radius 3 is 2.03 bits per heavy atom. The third-order valence-corrected chi connectivity index (χ3v) is 6.68. The van der Waals surface area contributed by atoms with E-state index in [4.69, 9.17) is 0 Å². The molecule has 0 spiro atoms. The average Bonchev–Trinajstić information content (AvgIpc) is 2.84. The van der Waals surface area contributed by atoms with E-state index in [9.17, 15) is 0 Å². The SMILES string of the molecule is Cc1ccc(-c2c3ccccc3c(-c3cccc4ccccc34)c3ccncc23)cc1C. The van der Waals surface area contributed by atoms with Gasteiger partial charge >= 0.3 is 0 Å². The number of aromatic nitrogens is 1. The van der Waals surface area contributed by atoms with Crippen LogP contribution in [-0.2, 0) is 0 Å². The van der Waals surface area contributed by atoms with Crippen LogP contribution in [0.15, 0.2) is 103 Å². The van der Waals surface area contributed by atoms with Crippen molar-refractivity contribution in [1.29, 1.82) is 0 Å². The maximum absolute atomic E-state index is 4.54. The van der Waals surface area contributed by atoms with Crippen LogP contribution in [0.4, 0.5) is 0 Å². The lowest BCUT2D eigenvalue weighted by Gasteiger charge is -2.19. The van der Waals surface area contributed by atoms with Gasteiger partial charge in [-0.1, -0.05) is 84.9 Å². The fourth-order valence-electron chi connectivity index (χ4n) is 4.96. The molecule has 0 N–H and O–H groups in total. The number of hydrogen-bond donors (Lipinski definition) is 0. The van der Waals surface area contributed by atoms with Gasteiger partial charge in [0.1, 0.15) is 0 Å². The van der Waals surface area contributed by atoms with Crippen LogP contribution in [0.3, 0.4) is 0 Å². The molecule has 0 aliphatic rings. The van der Waals surface area contributed by atoms with Crippen molar-refractivity contribution in [2.75, 3.05) is 0 Å². The molecule has 0 bridgehead atoms. The highest BCUT2D eigenvalue weighted by atomic mass is 14.6. The van der Waals surface area contributed by atoms with Gasteiger partial charge in [-0.05, 0) is 80.2 Å². The van der Waals surface area contributed by atoms with Gasteiger partial charge in [0.15, 0.2) is 0 Å². The first kappa shape index (κ1) is 18.8. The maximum Gasteiger partial charge on any atom is 0.0353 e. The summed E-state index contributed by atoms with van der Waals surface area (Å²) in [6.45, 7) is 4.35. The van der Waals surface area contributed by atoms with Crippen molar-refractivity contribution in [1.82, 2.24) is 4.98 Å². The topological polar surface area (TPSA) is 12.9 Å². The fraction of sp³-hybridized carbons (Fsp3) is 0.0645. The van der Waals surface area contributed by atoms with Gasteiger partial charge in [0.05, 0.1) is 0 Å². The van der Waals surface area contributed by atoms with Crippen molar-refractivity contribution in [3.8, 4) is 22.3 Å². The first-order valence-electron chi connectivity index (χ1n) is 11.1. The van der Waals surface area contributed by atoms with Gasteiger partial charge in [-0.15, -0.1) is 0 Å². The Morgan fingerprint density at radius 1 is 0.531 bits per heavy atom. The number of rotatable bonds is 2. The molecule has 0 amide bonds. The minimum atomic E-state index is 1.19. The van der Waals surface area contributed by atoms with Crippen LogP contribution in [0.5, 0.6) is 0 Å². The van der Waals surface area contributed by atoms with E-state index >= 15 is 0 Å². The van der Waals surface area contributed by atoms with Crippen molar-refractivity contribution in [2.24, 2.45) is 0 Å². The molecule has 6 rings (SSSR count). The summed E-state index contributed by atoms with van der Waals surface area (Å²) in [5, 5.41) is 7.50. The van der Waals surface area contributed by atoms with Crippen molar-refractivity contribution in [3.05, 3.63) is 115 Å². The summed E-state index contributed by atoms with van der Waals surface area (Å²) >= 11 is 0. The third kappa shape index (κ3) is 2.82. The highest BCUT2D eigenvalue weighted by molar-refractivity contribution is 6.23. The zero-order chi connectivity index (χ0) is 21.7. The molecule has 0 unspecified atom stereocenters. The van der Waals surface area contributed by atoms with Gasteiger partial charge in [0, 0.05) is 17.8 Å². The second kappa shape index (κ2) is 7.32. The fourth-order valence-corrected chi connectivity index (χ4v) is 4.96. The van der Waals surface area contributed by atoms with E-state index in [0.29, 0.717) is 0 Å². The number of hydrogen-bond acceptors (Lipinski definition) is 1. The molecule has 1 nitrogen and oxygen atoms in total. The van der Waals surface area contributed by atoms with Crippen LogP contribution in [0.1, 0.15) is 11.1 Å². The molecular weight excluding hydrogens is 386 g/mol. The summed E-state index contributed by atoms with van der Waals surface area (Å²) in [5.41, 5.74) is 7.67. The molecule has 0 atom stereocenters. The molecule has 5 aromatic carbocycles. The predicted octanol–water partition coefficient (Wildman–Crippen LogP) is 8.49. The average molecular weight is 410 g/mol. The Bertz CT molecular complexity index is 1580. The maximum atomic E-state index is 4.54. The van der Waals surface area contributed by atoms with E-state index in [1.165, 1.54) is 65.7 Å². The minimum Gasteiger partial charge on any atom is -0.264 e. The van der Waals surface area contributed by atoms with Gasteiger partial charge < -0.3 is 0 Å². The second-order valence-corrected chi connectivity index (χ2v) is 8.54. The molecule has 0 saturated carbocycles. The van der Waals surface area contributed by atoms with Gasteiger partial charge in [-0.2, -0.15) is 0 Å². The van der Waals surface area contributed by atoms with Crippen molar-refractivity contribution >= 4 is 32.3 Å². The van der Waals surface area contributed by atoms with Crippen LogP contribution in [0, 0.1) is 13.8 Å². The molecule has 0 aliphatic carbocycles. The quantitative estimate of drug-likeness (QED) is 0.261. The summed E-state index contributed by atoms with van der Waals surface area (Å²) in [5.74, 6) is 0. The molecular formula is C31H23N. The smallest absolute Gasteiger partial charge is 0.0353 e. The third-order valence-electron chi connectivity index (χ3n) is 6.68.